The van der Waals surface area contributed by atoms with E-state index >= 15 is 0 Å². The largest absolute Gasteiger partial charge is 0.391 e. The number of nitrogens with two attached hydrogens (primary N) is 5. The molecule has 1 saturated heterocycles. The van der Waals surface area contributed by atoms with Crippen molar-refractivity contribution < 1.29 is 43.5 Å². The Labute approximate surface area is 430 Å². The minimum Gasteiger partial charge on any atom is -0.391 e. The number of rotatable bonds is 17. The highest BCUT2D eigenvalue weighted by Crippen LogP contribution is 2.39. The van der Waals surface area contributed by atoms with Crippen molar-refractivity contribution in [1.29, 1.82) is 0 Å². The highest BCUT2D eigenvalue weighted by atomic mass is 33.1. The van der Waals surface area contributed by atoms with Gasteiger partial charge in [-0.1, -0.05) is 70.1 Å². The lowest BCUT2D eigenvalue weighted by Crippen LogP contribution is -2.62. The van der Waals surface area contributed by atoms with Crippen LogP contribution < -0.4 is 65.9 Å². The molecule has 0 unspecified atom stereocenters. The van der Waals surface area contributed by atoms with E-state index in [0.29, 0.717) is 11.1 Å². The van der Waals surface area contributed by atoms with Crippen LogP contribution in [0.2, 0.25) is 0 Å². The molecule has 8 atom stereocenters. The lowest BCUT2D eigenvalue weighted by atomic mass is 9.99. The molecule has 398 valence electrons. The first-order chi connectivity index (χ1) is 34.6. The monoisotopic (exact) mass is 1050 g/mol. The number of H-pyrrole nitrogens is 1. The Morgan fingerprint density at radius 1 is 0.767 bits per heavy atom. The van der Waals surface area contributed by atoms with E-state index in [4.69, 9.17) is 28.7 Å². The Balaban J connectivity index is 1.81. The van der Waals surface area contributed by atoms with Crippen LogP contribution in [0.4, 0.5) is 0 Å². The van der Waals surface area contributed by atoms with Gasteiger partial charge in [0, 0.05) is 60.5 Å². The molecule has 1 aliphatic heterocycles. The molecule has 4 rings (SSSR count). The molecule has 1 aromatic heterocycles. The maximum Gasteiger partial charge on any atom is 0.245 e. The van der Waals surface area contributed by atoms with Gasteiger partial charge in [0.1, 0.15) is 42.3 Å². The third-order valence-corrected chi connectivity index (χ3v) is 14.9. The summed E-state index contributed by atoms with van der Waals surface area (Å²) in [6.45, 7) is 5.98. The molecular weight excluding hydrogens is 983 g/mol. The fourth-order valence-corrected chi connectivity index (χ4v) is 10.6. The van der Waals surface area contributed by atoms with Crippen LogP contribution in [0, 0.1) is 0 Å². The summed E-state index contributed by atoms with van der Waals surface area (Å²) >= 11 is 0. The molecule has 1 fully saturated rings. The van der Waals surface area contributed by atoms with Gasteiger partial charge in [-0.15, -0.1) is 0 Å². The second-order valence-electron chi connectivity index (χ2n) is 18.0. The molecule has 0 bridgehead atoms. The van der Waals surface area contributed by atoms with Gasteiger partial charge in [0.2, 0.25) is 47.3 Å². The first kappa shape index (κ1) is 58.5. The molecule has 0 saturated carbocycles. The van der Waals surface area contributed by atoms with Crippen LogP contribution in [0.5, 0.6) is 0 Å². The number of nitrogens with one attached hydrogen (secondary N) is 8. The molecule has 0 radical (unpaired) electrons. The van der Waals surface area contributed by atoms with Crippen LogP contribution in [0.15, 0.2) is 70.8 Å². The quantitative estimate of drug-likeness (QED) is 0.0298. The van der Waals surface area contributed by atoms with Crippen LogP contribution in [-0.2, 0) is 51.2 Å². The number of amides is 8. The second-order valence-corrected chi connectivity index (χ2v) is 21.1. The van der Waals surface area contributed by atoms with Crippen molar-refractivity contribution in [2.45, 2.75) is 126 Å². The van der Waals surface area contributed by atoms with Crippen molar-refractivity contribution in [2.24, 2.45) is 38.7 Å². The summed E-state index contributed by atoms with van der Waals surface area (Å²) in [4.78, 5) is 123. The van der Waals surface area contributed by atoms with E-state index in [9.17, 15) is 43.5 Å². The van der Waals surface area contributed by atoms with Gasteiger partial charge in [-0.05, 0) is 70.1 Å². The maximum atomic E-state index is 14.6. The number of nitrogens with zero attached hydrogens (tertiary/aromatic N) is 2. The number of aliphatic imine (C=N–C) groups is 2. The highest BCUT2D eigenvalue weighted by molar-refractivity contribution is 8.77. The first-order valence-corrected chi connectivity index (χ1v) is 25.9. The van der Waals surface area contributed by atoms with Crippen LogP contribution in [0.1, 0.15) is 70.9 Å². The molecule has 19 N–H and O–H groups in total. The Hall–Kier alpha value is -7.06. The topological polar surface area (TPSA) is 412 Å². The van der Waals surface area contributed by atoms with Gasteiger partial charge in [0.15, 0.2) is 11.9 Å². The fourth-order valence-electron chi connectivity index (χ4n) is 7.82. The Morgan fingerprint density at radius 2 is 1.36 bits per heavy atom. The van der Waals surface area contributed by atoms with Crippen molar-refractivity contribution in [3.05, 3.63) is 71.9 Å². The van der Waals surface area contributed by atoms with Gasteiger partial charge in [-0.25, -0.2) is 0 Å². The molecule has 26 heteroatoms. The van der Waals surface area contributed by atoms with E-state index in [1.54, 1.807) is 50.4 Å². The minimum atomic E-state index is -1.70. The molecule has 0 spiro atoms. The summed E-state index contributed by atoms with van der Waals surface area (Å²) in [5.74, 6) is -6.77. The van der Waals surface area contributed by atoms with Crippen LogP contribution in [0.25, 0.3) is 10.9 Å². The van der Waals surface area contributed by atoms with Crippen molar-refractivity contribution in [3.63, 3.8) is 0 Å². The Kier molecular flexibility index (Phi) is 22.6. The average molecular weight is 1050 g/mol. The minimum absolute atomic E-state index is 0.0566. The molecule has 8 amide bonds. The molecule has 1 aliphatic rings. The zero-order valence-corrected chi connectivity index (χ0v) is 42.9. The molecule has 3 aromatic rings. The Morgan fingerprint density at radius 3 is 2.00 bits per heavy atom. The van der Waals surface area contributed by atoms with Crippen molar-refractivity contribution in [3.8, 4) is 0 Å². The fraction of sp³-hybridized carbons (Fsp3) is 0.489. The molecule has 0 aliphatic carbocycles. The van der Waals surface area contributed by atoms with E-state index in [0.717, 1.165) is 21.7 Å². The average Bonchev–Trinajstić information content (AvgIpc) is 3.73. The number of aliphatic hydroxyl groups excluding tert-OH is 1. The predicted octanol–water partition coefficient (Wildman–Crippen LogP) is -2.10. The summed E-state index contributed by atoms with van der Waals surface area (Å²) in [5, 5.41) is 30.5. The summed E-state index contributed by atoms with van der Waals surface area (Å²) in [7, 11) is 2.32. The number of guanidine groups is 2. The van der Waals surface area contributed by atoms with E-state index in [-0.39, 0.29) is 75.7 Å². The van der Waals surface area contributed by atoms with Gasteiger partial charge >= 0.3 is 0 Å². The zero-order chi connectivity index (χ0) is 53.8. The lowest BCUT2D eigenvalue weighted by molar-refractivity contribution is -0.137. The number of hydrogen-bond donors (Lipinski definition) is 14. The van der Waals surface area contributed by atoms with E-state index < -0.39 is 100 Å². The predicted molar refractivity (Wildman–Crippen MR) is 281 cm³/mol. The maximum absolute atomic E-state index is 14.6. The van der Waals surface area contributed by atoms with E-state index in [1.165, 1.54) is 24.6 Å². The first-order valence-electron chi connectivity index (χ1n) is 23.6. The Bertz CT molecular complexity index is 2460. The van der Waals surface area contributed by atoms with Crippen molar-refractivity contribution in [2.75, 3.05) is 18.8 Å². The van der Waals surface area contributed by atoms with E-state index in [1.807, 2.05) is 24.3 Å². The molecule has 73 heavy (non-hydrogen) atoms. The molecule has 2 aromatic carbocycles. The normalized spacial score (nSPS) is 22.3. The molecule has 2 heterocycles. The lowest BCUT2D eigenvalue weighted by Gasteiger charge is -2.33. The zero-order valence-electron chi connectivity index (χ0n) is 41.3. The number of primary amides is 1. The van der Waals surface area contributed by atoms with Crippen molar-refractivity contribution in [1.82, 2.24) is 42.2 Å². The summed E-state index contributed by atoms with van der Waals surface area (Å²) in [6, 6.07) is 6.20. The number of para-hydroxylation sites is 1. The summed E-state index contributed by atoms with van der Waals surface area (Å²) in [6.07, 6.45) is 0.262. The smallest absolute Gasteiger partial charge is 0.245 e. The van der Waals surface area contributed by atoms with E-state index in [2.05, 4.69) is 52.2 Å². The van der Waals surface area contributed by atoms with Gasteiger partial charge < -0.3 is 76.0 Å². The number of carbonyl (C=O) groups excluding carboxylic acids is 8. The number of benzene rings is 2. The highest BCUT2D eigenvalue weighted by Gasteiger charge is 2.40. The number of fused-ring (bicyclic) bond motifs is 1. The van der Waals surface area contributed by atoms with Gasteiger partial charge in [-0.2, -0.15) is 0 Å². The number of carbonyl (C=O) groups is 8. The standard InChI is InChI=1S/C47H69N15O9S2/c1-25(63)36-44(71)60-34(22-27-12-6-5-7-13-27)42(69)57-32(17-11-20-54-46(51)52)40(67)59-35(23-28-24-55-30-15-9-8-14-29(28)30)43(70)62-37(38(48)65)47(3,4)73-72-21-18-33(41(68)61-36)58-39(66)31(56-26(2)64)16-10-19-53-45(49)50/h5-9,12-15,24-25,31-37,55,63H,10-11,16-23H2,1-4H3,(H2,48,65)(H,56,64)(H,57,69)(H,58,66)(H,59,67)(H,60,71)(H,61,68)(H,62,70)(H4,49,50,53)(H4,51,52,54)/t25-,31+,32+,33+,34-,35+,36+,37-/m1/s1. The second kappa shape index (κ2) is 28.3. The van der Waals surface area contributed by atoms with Crippen LogP contribution in [-0.4, -0.2) is 141 Å². The summed E-state index contributed by atoms with van der Waals surface area (Å²) in [5.41, 5.74) is 30.0. The third kappa shape index (κ3) is 18.8. The third-order valence-electron chi connectivity index (χ3n) is 11.6. The van der Waals surface area contributed by atoms with Gasteiger partial charge in [0.25, 0.3) is 0 Å². The van der Waals surface area contributed by atoms with Crippen LogP contribution >= 0.6 is 21.6 Å². The number of aromatic nitrogens is 1. The SMILES string of the molecule is CC(=O)N[C@@H](CCCN=C(N)N)C(=O)N[C@H]1CCSSC(C)(C)[C@@H](C(N)=O)NC(=O)[C@H](Cc2c[nH]c3ccccc23)NC(=O)[C@H](CCCN=C(N)N)NC(=O)[C@@H](Cc2ccccc2)NC(=O)[C@H]([C@@H](C)O)NC1=O. The van der Waals surface area contributed by atoms with Gasteiger partial charge in [0.05, 0.1) is 6.10 Å². The summed E-state index contributed by atoms with van der Waals surface area (Å²) < 4.78 is -1.15. The number of aliphatic hydroxyl groups is 1. The number of aromatic amines is 1. The van der Waals surface area contributed by atoms with Crippen molar-refractivity contribution >= 4 is 91.7 Å². The molecule has 24 nitrogen and oxygen atoms in total. The number of hydrogen-bond acceptors (Lipinski definition) is 13. The molecular formula is C47H69N15O9S2. The van der Waals surface area contributed by atoms with Crippen LogP contribution in [0.3, 0.4) is 0 Å². The van der Waals surface area contributed by atoms with Gasteiger partial charge in [-0.3, -0.25) is 48.3 Å².